The van der Waals surface area contributed by atoms with Crippen LogP contribution < -0.4 is 10.5 Å². The van der Waals surface area contributed by atoms with Crippen molar-refractivity contribution in [2.24, 2.45) is 0 Å². The molecule has 0 atom stereocenters. The largest absolute Gasteiger partial charge is 0.396 e. The van der Waals surface area contributed by atoms with Crippen molar-refractivity contribution in [1.29, 1.82) is 0 Å². The van der Waals surface area contributed by atoms with Crippen LogP contribution in [-0.4, -0.2) is 13.4 Å². The molecule has 106 valence electrons. The number of sulfonamides is 1. The smallest absolute Gasteiger partial charge is 0.263 e. The third kappa shape index (κ3) is 2.72. The summed E-state index contributed by atoms with van der Waals surface area (Å²) in [5.74, 6) is -0.412. The van der Waals surface area contributed by atoms with Crippen LogP contribution in [0.15, 0.2) is 35.4 Å². The zero-order chi connectivity index (χ0) is 14.9. The Kier molecular flexibility index (Phi) is 3.63. The van der Waals surface area contributed by atoms with Gasteiger partial charge >= 0.3 is 0 Å². The SMILES string of the molecule is Cc1cc(F)c(N)cc1S(=O)(=O)Nc1ncccc1C. The van der Waals surface area contributed by atoms with Gasteiger partial charge < -0.3 is 5.73 Å². The highest BCUT2D eigenvalue weighted by atomic mass is 32.2. The molecular formula is C13H14FN3O2S. The molecule has 5 nitrogen and oxygen atoms in total. The lowest BCUT2D eigenvalue weighted by atomic mass is 10.2. The Balaban J connectivity index is 2.47. The number of nitrogens with one attached hydrogen (secondary N) is 1. The minimum atomic E-state index is -3.86. The van der Waals surface area contributed by atoms with Gasteiger partial charge in [0.15, 0.2) is 0 Å². The second-order valence-corrected chi connectivity index (χ2v) is 6.06. The molecule has 0 amide bonds. The zero-order valence-electron chi connectivity index (χ0n) is 11.0. The monoisotopic (exact) mass is 295 g/mol. The highest BCUT2D eigenvalue weighted by Crippen LogP contribution is 2.24. The van der Waals surface area contributed by atoms with Gasteiger partial charge in [0.25, 0.3) is 10.0 Å². The van der Waals surface area contributed by atoms with Crippen molar-refractivity contribution in [2.45, 2.75) is 18.7 Å². The molecule has 0 aliphatic carbocycles. The van der Waals surface area contributed by atoms with Crippen LogP contribution in [0.2, 0.25) is 0 Å². The summed E-state index contributed by atoms with van der Waals surface area (Å²) in [6.45, 7) is 3.24. The van der Waals surface area contributed by atoms with Gasteiger partial charge in [-0.3, -0.25) is 4.72 Å². The van der Waals surface area contributed by atoms with Crippen LogP contribution in [0.4, 0.5) is 15.9 Å². The van der Waals surface area contributed by atoms with Crippen LogP contribution in [0.3, 0.4) is 0 Å². The molecule has 0 bridgehead atoms. The van der Waals surface area contributed by atoms with Gasteiger partial charge in [-0.1, -0.05) is 6.07 Å². The number of benzene rings is 1. The molecule has 1 heterocycles. The molecule has 2 rings (SSSR count). The van der Waals surface area contributed by atoms with Crippen LogP contribution in [0.5, 0.6) is 0 Å². The van der Waals surface area contributed by atoms with E-state index >= 15 is 0 Å². The maximum Gasteiger partial charge on any atom is 0.263 e. The molecule has 0 unspecified atom stereocenters. The molecular weight excluding hydrogens is 281 g/mol. The van der Waals surface area contributed by atoms with Crippen molar-refractivity contribution in [3.8, 4) is 0 Å². The molecule has 1 aromatic carbocycles. The molecule has 0 fully saturated rings. The first-order valence-corrected chi connectivity index (χ1v) is 7.29. The molecule has 0 saturated heterocycles. The van der Waals surface area contributed by atoms with E-state index in [9.17, 15) is 12.8 Å². The van der Waals surface area contributed by atoms with Crippen molar-refractivity contribution in [3.05, 3.63) is 47.4 Å². The Hall–Kier alpha value is -2.15. The number of nitrogens with two attached hydrogens (primary N) is 1. The van der Waals surface area contributed by atoms with E-state index in [-0.39, 0.29) is 22.0 Å². The highest BCUT2D eigenvalue weighted by molar-refractivity contribution is 7.92. The Bertz CT molecular complexity index is 760. The van der Waals surface area contributed by atoms with Crippen LogP contribution in [0, 0.1) is 19.7 Å². The fourth-order valence-electron chi connectivity index (χ4n) is 1.73. The third-order valence-corrected chi connectivity index (χ3v) is 4.31. The predicted molar refractivity (Wildman–Crippen MR) is 75.3 cm³/mol. The summed E-state index contributed by atoms with van der Waals surface area (Å²) in [7, 11) is -3.86. The van der Waals surface area contributed by atoms with Gasteiger partial charge in [-0.05, 0) is 43.2 Å². The summed E-state index contributed by atoms with van der Waals surface area (Å²) in [5.41, 5.74) is 6.17. The van der Waals surface area contributed by atoms with Gasteiger partial charge in [0.05, 0.1) is 10.6 Å². The van der Waals surface area contributed by atoms with Crippen molar-refractivity contribution < 1.29 is 12.8 Å². The fourth-order valence-corrected chi connectivity index (χ4v) is 3.08. The van der Waals surface area contributed by atoms with E-state index < -0.39 is 15.8 Å². The van der Waals surface area contributed by atoms with E-state index in [1.165, 1.54) is 13.1 Å². The molecule has 0 radical (unpaired) electrons. The lowest BCUT2D eigenvalue weighted by molar-refractivity contribution is 0.599. The van der Waals surface area contributed by atoms with Gasteiger partial charge in [-0.25, -0.2) is 17.8 Å². The van der Waals surface area contributed by atoms with Gasteiger partial charge in [-0.15, -0.1) is 0 Å². The lowest BCUT2D eigenvalue weighted by Gasteiger charge is -2.12. The quantitative estimate of drug-likeness (QED) is 0.850. The second kappa shape index (κ2) is 5.09. The van der Waals surface area contributed by atoms with Gasteiger partial charge in [0, 0.05) is 6.20 Å². The van der Waals surface area contributed by atoms with Crippen LogP contribution >= 0.6 is 0 Å². The molecule has 0 aliphatic heterocycles. The number of hydrogen-bond acceptors (Lipinski definition) is 4. The first-order chi connectivity index (χ1) is 9.31. The van der Waals surface area contributed by atoms with E-state index in [2.05, 4.69) is 9.71 Å². The van der Waals surface area contributed by atoms with Crippen molar-refractivity contribution in [2.75, 3.05) is 10.5 Å². The number of rotatable bonds is 3. The maximum absolute atomic E-state index is 13.3. The fraction of sp³-hybridized carbons (Fsp3) is 0.154. The predicted octanol–water partition coefficient (Wildman–Crippen LogP) is 2.22. The number of nitrogens with zero attached hydrogens (tertiary/aromatic N) is 1. The molecule has 0 aliphatic rings. The topological polar surface area (TPSA) is 85.1 Å². The molecule has 7 heteroatoms. The summed E-state index contributed by atoms with van der Waals surface area (Å²) in [6.07, 6.45) is 1.48. The van der Waals surface area contributed by atoms with Crippen LogP contribution in [-0.2, 0) is 10.0 Å². The average Bonchev–Trinajstić information content (AvgIpc) is 2.36. The van der Waals surface area contributed by atoms with Crippen LogP contribution in [0.25, 0.3) is 0 Å². The minimum absolute atomic E-state index is 0.0681. The first kappa shape index (κ1) is 14.3. The Morgan fingerprint density at radius 2 is 1.95 bits per heavy atom. The Morgan fingerprint density at radius 3 is 2.60 bits per heavy atom. The van der Waals surface area contributed by atoms with E-state index in [0.717, 1.165) is 12.1 Å². The van der Waals surface area contributed by atoms with E-state index in [1.54, 1.807) is 19.1 Å². The third-order valence-electron chi connectivity index (χ3n) is 2.82. The van der Waals surface area contributed by atoms with Gasteiger partial charge in [0.1, 0.15) is 11.6 Å². The van der Waals surface area contributed by atoms with Crippen molar-refractivity contribution in [1.82, 2.24) is 4.98 Å². The summed E-state index contributed by atoms with van der Waals surface area (Å²) in [4.78, 5) is 3.89. The van der Waals surface area contributed by atoms with Gasteiger partial charge in [-0.2, -0.15) is 0 Å². The first-order valence-electron chi connectivity index (χ1n) is 5.81. The average molecular weight is 295 g/mol. The number of anilines is 2. The van der Waals surface area contributed by atoms with Crippen LogP contribution in [0.1, 0.15) is 11.1 Å². The summed E-state index contributed by atoms with van der Waals surface area (Å²) >= 11 is 0. The Labute approximate surface area is 116 Å². The van der Waals surface area contributed by atoms with E-state index in [0.29, 0.717) is 5.56 Å². The standard InChI is InChI=1S/C13H14FN3O2S/c1-8-4-3-5-16-13(8)17-20(18,19)12-7-11(15)10(14)6-9(12)2/h3-7H,15H2,1-2H3,(H,16,17). The van der Waals surface area contributed by atoms with Crippen molar-refractivity contribution in [3.63, 3.8) is 0 Å². The highest BCUT2D eigenvalue weighted by Gasteiger charge is 2.20. The molecule has 0 saturated carbocycles. The molecule has 2 aromatic rings. The molecule has 0 spiro atoms. The number of aromatic nitrogens is 1. The number of hydrogen-bond donors (Lipinski definition) is 2. The molecule has 3 N–H and O–H groups in total. The van der Waals surface area contributed by atoms with E-state index in [4.69, 9.17) is 5.73 Å². The molecule has 20 heavy (non-hydrogen) atoms. The Morgan fingerprint density at radius 1 is 1.25 bits per heavy atom. The second-order valence-electron chi connectivity index (χ2n) is 4.41. The van der Waals surface area contributed by atoms with Gasteiger partial charge in [0.2, 0.25) is 0 Å². The number of pyridine rings is 1. The normalized spacial score (nSPS) is 11.3. The number of aryl methyl sites for hydroxylation is 2. The number of halogens is 1. The maximum atomic E-state index is 13.3. The summed E-state index contributed by atoms with van der Waals surface area (Å²) < 4.78 is 40.3. The van der Waals surface area contributed by atoms with E-state index in [1.807, 2.05) is 0 Å². The summed E-state index contributed by atoms with van der Waals surface area (Å²) in [6, 6.07) is 5.63. The summed E-state index contributed by atoms with van der Waals surface area (Å²) in [5, 5.41) is 0. The minimum Gasteiger partial charge on any atom is -0.396 e. The lowest BCUT2D eigenvalue weighted by Crippen LogP contribution is -2.16. The zero-order valence-corrected chi connectivity index (χ0v) is 11.8. The van der Waals surface area contributed by atoms with Crippen molar-refractivity contribution >= 4 is 21.5 Å². The molecule has 1 aromatic heterocycles. The number of nitrogen functional groups attached to an aromatic ring is 1.